The molecule has 2 amide bonds. The zero-order valence-electron chi connectivity index (χ0n) is 18.5. The van der Waals surface area contributed by atoms with E-state index in [4.69, 9.17) is 14.2 Å². The Morgan fingerprint density at radius 3 is 2.17 bits per heavy atom. The quantitative estimate of drug-likeness (QED) is 0.262. The maximum absolute atomic E-state index is 12.0. The largest absolute Gasteiger partial charge is 1.00 e. The molecular formula is C20H31CsN2O6. The Bertz CT molecular complexity index is 643. The van der Waals surface area contributed by atoms with Crippen molar-refractivity contribution in [1.82, 2.24) is 10.6 Å². The molecule has 0 unspecified atom stereocenters. The molecule has 29 heavy (non-hydrogen) atoms. The number of hydrogen-bond donors (Lipinski definition) is 2. The predicted octanol–water partition coefficient (Wildman–Crippen LogP) is -0.735. The molecule has 1 aromatic carbocycles. The van der Waals surface area contributed by atoms with Gasteiger partial charge in [-0.05, 0) is 38.5 Å². The average Bonchev–Trinajstić information content (AvgIpc) is 2.57. The predicted molar refractivity (Wildman–Crippen MR) is 106 cm³/mol. The Labute approximate surface area is 232 Å². The molecule has 2 N–H and O–H groups in total. The molecule has 0 spiro atoms. The van der Waals surface area contributed by atoms with Gasteiger partial charge in [-0.15, -0.1) is 0 Å². The Kier molecular flexibility index (Phi) is 15.9. The first kappa shape index (κ1) is 30.5. The molecule has 0 aliphatic rings. The van der Waals surface area contributed by atoms with E-state index in [9.17, 15) is 14.4 Å². The summed E-state index contributed by atoms with van der Waals surface area (Å²) in [5.41, 5.74) is 0.150. The van der Waals surface area contributed by atoms with Gasteiger partial charge in [0, 0.05) is 13.3 Å². The molecule has 0 aliphatic heterocycles. The average molecular weight is 528 g/mol. The summed E-state index contributed by atoms with van der Waals surface area (Å²) in [6.07, 6.45) is -0.436. The monoisotopic (exact) mass is 528 g/mol. The summed E-state index contributed by atoms with van der Waals surface area (Å²) in [5, 5.41) is 5.17. The second kappa shape index (κ2) is 15.1. The third-order valence-electron chi connectivity index (χ3n) is 3.28. The Hall–Kier alpha value is -0.718. The van der Waals surface area contributed by atoms with E-state index >= 15 is 0 Å². The van der Waals surface area contributed by atoms with E-state index in [2.05, 4.69) is 10.6 Å². The fourth-order valence-electron chi connectivity index (χ4n) is 2.14. The van der Waals surface area contributed by atoms with Crippen molar-refractivity contribution in [3.8, 4) is 5.75 Å². The first-order chi connectivity index (χ1) is 12.6. The molecule has 0 bridgehead atoms. The maximum Gasteiger partial charge on any atom is 1.00 e. The van der Waals surface area contributed by atoms with Crippen molar-refractivity contribution in [3.63, 3.8) is 0 Å². The van der Waals surface area contributed by atoms with Crippen molar-refractivity contribution in [2.24, 2.45) is 0 Å². The number of carbonyl (C=O) groups is 3. The van der Waals surface area contributed by atoms with Crippen LogP contribution in [0.5, 0.6) is 5.75 Å². The van der Waals surface area contributed by atoms with Gasteiger partial charge in [0.05, 0.1) is 13.7 Å². The minimum atomic E-state index is -0.864. The van der Waals surface area contributed by atoms with Crippen LogP contribution >= 0.6 is 0 Å². The van der Waals surface area contributed by atoms with Crippen molar-refractivity contribution in [3.05, 3.63) is 37.3 Å². The summed E-state index contributed by atoms with van der Waals surface area (Å²) in [5.74, 6) is -0.0319. The molecule has 8 nitrogen and oxygen atoms in total. The molecule has 1 aromatic rings. The van der Waals surface area contributed by atoms with Crippen LogP contribution in [0.4, 0.5) is 4.79 Å². The standard InChI is InChI=1S/C19H28N2O6.CH3.Cs/c1-13(22)20-10-11-26-15-8-6-14(7-9-15)12-16(17(23)25-5)21-18(24)27-19(2,3)4;;/h6-9,16H,10-12H2,1-5H3,(H,20,22)(H,21,24);1H3;/q;-1;+1/t16-;;/m0../s1. The van der Waals surface area contributed by atoms with E-state index < -0.39 is 23.7 Å². The second-order valence-electron chi connectivity index (χ2n) is 6.90. The Balaban J connectivity index is 0. The minimum absolute atomic E-state index is 0. The van der Waals surface area contributed by atoms with Gasteiger partial charge in [0.1, 0.15) is 24.0 Å². The number of carbonyl (C=O) groups excluding carboxylic acids is 3. The van der Waals surface area contributed by atoms with Gasteiger partial charge in [0.25, 0.3) is 0 Å². The van der Waals surface area contributed by atoms with Gasteiger partial charge in [-0.3, -0.25) is 4.79 Å². The van der Waals surface area contributed by atoms with Crippen LogP contribution in [0.2, 0.25) is 0 Å². The molecule has 9 heteroatoms. The van der Waals surface area contributed by atoms with Crippen LogP contribution < -0.4 is 84.3 Å². The molecule has 0 heterocycles. The van der Waals surface area contributed by atoms with Crippen molar-refractivity contribution in [1.29, 1.82) is 0 Å². The number of amides is 2. The smallest absolute Gasteiger partial charge is 0.492 e. The fraction of sp³-hybridized carbons (Fsp3) is 0.500. The number of hydrogen-bond acceptors (Lipinski definition) is 6. The molecule has 1 atom stereocenters. The summed E-state index contributed by atoms with van der Waals surface area (Å²) < 4.78 is 15.4. The first-order valence-corrected chi connectivity index (χ1v) is 8.64. The molecule has 158 valence electrons. The summed E-state index contributed by atoms with van der Waals surface area (Å²) in [6.45, 7) is 7.43. The van der Waals surface area contributed by atoms with Crippen LogP contribution in [0.1, 0.15) is 33.3 Å². The summed E-state index contributed by atoms with van der Waals surface area (Å²) in [4.78, 5) is 34.7. The van der Waals surface area contributed by atoms with Crippen molar-refractivity contribution < 1.29 is 97.5 Å². The van der Waals surface area contributed by atoms with Crippen LogP contribution in [0.15, 0.2) is 24.3 Å². The van der Waals surface area contributed by atoms with Gasteiger partial charge >= 0.3 is 81.0 Å². The summed E-state index contributed by atoms with van der Waals surface area (Å²) in [6, 6.07) is 6.23. The van der Waals surface area contributed by atoms with E-state index in [1.807, 2.05) is 0 Å². The molecule has 0 fully saturated rings. The van der Waals surface area contributed by atoms with Crippen LogP contribution in [-0.2, 0) is 25.5 Å². The van der Waals surface area contributed by atoms with E-state index in [0.717, 1.165) is 5.56 Å². The first-order valence-electron chi connectivity index (χ1n) is 8.64. The molecular weight excluding hydrogens is 497 g/mol. The molecule has 0 aromatic heterocycles. The number of rotatable bonds is 8. The third-order valence-corrected chi connectivity index (χ3v) is 3.28. The van der Waals surface area contributed by atoms with E-state index in [1.165, 1.54) is 14.0 Å². The SMILES string of the molecule is COC(=O)[C@H](Cc1ccc(OCCNC(C)=O)cc1)NC(=O)OC(C)(C)C.[CH3-].[Cs+]. The van der Waals surface area contributed by atoms with E-state index in [1.54, 1.807) is 45.0 Å². The van der Waals surface area contributed by atoms with Crippen molar-refractivity contribution in [2.45, 2.75) is 45.8 Å². The number of methoxy groups -OCH3 is 1. The third kappa shape index (κ3) is 14.0. The summed E-state index contributed by atoms with van der Waals surface area (Å²) in [7, 11) is 1.26. The van der Waals surface area contributed by atoms with Gasteiger partial charge in [-0.1, -0.05) is 12.1 Å². The number of ether oxygens (including phenoxy) is 3. The number of nitrogens with one attached hydrogen (secondary N) is 2. The molecule has 0 radical (unpaired) electrons. The fourth-order valence-corrected chi connectivity index (χ4v) is 2.14. The van der Waals surface area contributed by atoms with Gasteiger partial charge in [0.2, 0.25) is 5.91 Å². The molecule has 1 rings (SSSR count). The van der Waals surface area contributed by atoms with Crippen molar-refractivity contribution in [2.75, 3.05) is 20.3 Å². The number of esters is 1. The zero-order valence-corrected chi connectivity index (χ0v) is 24.7. The van der Waals surface area contributed by atoms with Gasteiger partial charge in [-0.25, -0.2) is 9.59 Å². The molecule has 0 saturated carbocycles. The Morgan fingerprint density at radius 1 is 1.10 bits per heavy atom. The van der Waals surface area contributed by atoms with Gasteiger partial charge in [0.15, 0.2) is 0 Å². The number of alkyl carbamates (subject to hydrolysis) is 1. The minimum Gasteiger partial charge on any atom is -0.492 e. The van der Waals surface area contributed by atoms with Crippen LogP contribution in [0, 0.1) is 7.43 Å². The maximum atomic E-state index is 12.0. The Morgan fingerprint density at radius 2 is 1.69 bits per heavy atom. The molecule has 0 saturated heterocycles. The van der Waals surface area contributed by atoms with Crippen LogP contribution in [0.25, 0.3) is 0 Å². The molecule has 0 aliphatic carbocycles. The van der Waals surface area contributed by atoms with E-state index in [-0.39, 0.29) is 88.6 Å². The van der Waals surface area contributed by atoms with Crippen LogP contribution in [0.3, 0.4) is 0 Å². The zero-order chi connectivity index (χ0) is 20.4. The number of benzene rings is 1. The summed E-state index contributed by atoms with van der Waals surface area (Å²) >= 11 is 0. The van der Waals surface area contributed by atoms with Gasteiger partial charge < -0.3 is 32.3 Å². The van der Waals surface area contributed by atoms with Crippen molar-refractivity contribution >= 4 is 18.0 Å². The topological polar surface area (TPSA) is 103 Å². The van der Waals surface area contributed by atoms with Crippen LogP contribution in [-0.4, -0.2) is 49.9 Å². The second-order valence-corrected chi connectivity index (χ2v) is 6.90. The normalized spacial score (nSPS) is 11.1. The van der Waals surface area contributed by atoms with Gasteiger partial charge in [-0.2, -0.15) is 0 Å². The van der Waals surface area contributed by atoms with E-state index in [0.29, 0.717) is 18.9 Å².